The van der Waals surface area contributed by atoms with Crippen LogP contribution in [0.3, 0.4) is 0 Å². The maximum atomic E-state index is 12.7. The smallest absolute Gasteiger partial charge is 0.328 e. The highest BCUT2D eigenvalue weighted by Gasteiger charge is 2.32. The van der Waals surface area contributed by atoms with Gasteiger partial charge >= 0.3 is 13.6 Å². The summed E-state index contributed by atoms with van der Waals surface area (Å²) in [6, 6.07) is 0. The molecular formula is C20H42N2O7P-. The van der Waals surface area contributed by atoms with Crippen LogP contribution in [0.4, 0.5) is 0 Å². The molecule has 0 saturated carbocycles. The van der Waals surface area contributed by atoms with E-state index in [0.29, 0.717) is 24.5 Å². The lowest BCUT2D eigenvalue weighted by Crippen LogP contribution is -2.46. The van der Waals surface area contributed by atoms with Gasteiger partial charge in [0.05, 0.1) is 18.2 Å². The molecule has 0 aliphatic heterocycles. The average molecular weight is 454 g/mol. The molecule has 0 aliphatic carbocycles. The molecule has 0 aromatic heterocycles. The van der Waals surface area contributed by atoms with E-state index in [2.05, 4.69) is 0 Å². The summed E-state index contributed by atoms with van der Waals surface area (Å²) >= 11 is 0. The quantitative estimate of drug-likeness (QED) is 0.228. The van der Waals surface area contributed by atoms with E-state index in [4.69, 9.17) is 19.8 Å². The largest absolute Gasteiger partial charge is 0.762 e. The van der Waals surface area contributed by atoms with Crippen LogP contribution in [0.15, 0.2) is 0 Å². The van der Waals surface area contributed by atoms with E-state index in [1.54, 1.807) is 27.7 Å². The summed E-state index contributed by atoms with van der Waals surface area (Å²) in [5, 5.41) is 13.2. The van der Waals surface area contributed by atoms with Gasteiger partial charge in [0.2, 0.25) is 0 Å². The predicted octanol–water partition coefficient (Wildman–Crippen LogP) is 3.83. The topological polar surface area (TPSA) is 134 Å². The lowest BCUT2D eigenvalue weighted by molar-refractivity contribution is -0.235. The normalized spacial score (nSPS) is 16.4. The highest BCUT2D eigenvalue weighted by atomic mass is 31.2. The van der Waals surface area contributed by atoms with E-state index in [-0.39, 0.29) is 31.3 Å². The van der Waals surface area contributed by atoms with Crippen molar-refractivity contribution in [3.63, 3.8) is 0 Å². The Kier molecular flexibility index (Phi) is 11.7. The van der Waals surface area contributed by atoms with Gasteiger partial charge in [0, 0.05) is 5.54 Å². The number of ether oxygens (including phenoxy) is 1. The molecule has 2 atom stereocenters. The minimum atomic E-state index is -3.89. The summed E-state index contributed by atoms with van der Waals surface area (Å²) < 4.78 is 22.6. The number of rotatable bonds is 14. The Hall–Kier alpha value is -0.540. The first-order chi connectivity index (χ1) is 13.5. The van der Waals surface area contributed by atoms with Gasteiger partial charge in [-0.05, 0) is 58.9 Å². The van der Waals surface area contributed by atoms with Gasteiger partial charge in [0.25, 0.3) is 0 Å². The fourth-order valence-corrected chi connectivity index (χ4v) is 3.92. The molecule has 10 heteroatoms. The van der Waals surface area contributed by atoms with Gasteiger partial charge in [-0.1, -0.05) is 27.7 Å². The van der Waals surface area contributed by atoms with Crippen LogP contribution in [0.1, 0.15) is 74.7 Å². The van der Waals surface area contributed by atoms with Crippen molar-refractivity contribution in [3.8, 4) is 0 Å². The fraction of sp³-hybridized carbons (Fsp3) is 0.950. The highest BCUT2D eigenvalue weighted by molar-refractivity contribution is 7.52. The number of hydrogen-bond donors (Lipinski definition) is 2. The number of carbonyl (C=O) groups excluding carboxylic acids is 1. The molecule has 30 heavy (non-hydrogen) atoms. The molecule has 0 amide bonds. The van der Waals surface area contributed by atoms with E-state index in [9.17, 15) is 19.5 Å². The summed E-state index contributed by atoms with van der Waals surface area (Å²) in [6.07, 6.45) is 0.303. The molecule has 0 aromatic carbocycles. The summed E-state index contributed by atoms with van der Waals surface area (Å²) in [6.45, 7) is 14.5. The Bertz CT molecular complexity index is 576. The molecule has 0 saturated heterocycles. The highest BCUT2D eigenvalue weighted by Crippen LogP contribution is 2.42. The zero-order valence-electron chi connectivity index (χ0n) is 19.9. The van der Waals surface area contributed by atoms with Gasteiger partial charge in [-0.3, -0.25) is 14.6 Å². The van der Waals surface area contributed by atoms with E-state index >= 15 is 0 Å². The van der Waals surface area contributed by atoms with Crippen LogP contribution in [0, 0.1) is 16.0 Å². The SMILES string of the molecule is CCC(C)(C)C(=O)OCC(COP(=O)(O)CCCN)ON([O-])C(C)(C)CC(C)(C)C. The molecule has 180 valence electrons. The average Bonchev–Trinajstić information content (AvgIpc) is 2.59. The maximum Gasteiger partial charge on any atom is 0.328 e. The summed E-state index contributed by atoms with van der Waals surface area (Å²) in [5.74, 6) is -0.444. The number of esters is 1. The Morgan fingerprint density at radius 2 is 1.73 bits per heavy atom. The molecule has 0 heterocycles. The first-order valence-electron chi connectivity index (χ1n) is 10.4. The molecule has 0 spiro atoms. The first kappa shape index (κ1) is 29.5. The van der Waals surface area contributed by atoms with Crippen LogP contribution >= 0.6 is 7.60 Å². The first-order valence-corrected chi connectivity index (χ1v) is 12.2. The molecule has 0 aliphatic rings. The zero-order chi connectivity index (χ0) is 23.8. The Morgan fingerprint density at radius 3 is 2.20 bits per heavy atom. The number of nitrogens with zero attached hydrogens (tertiary/aromatic N) is 1. The lowest BCUT2D eigenvalue weighted by atomic mass is 9.82. The van der Waals surface area contributed by atoms with Crippen molar-refractivity contribution >= 4 is 13.6 Å². The predicted molar refractivity (Wildman–Crippen MR) is 118 cm³/mol. The van der Waals surface area contributed by atoms with Crippen molar-refractivity contribution < 1.29 is 28.4 Å². The van der Waals surface area contributed by atoms with Gasteiger partial charge in [-0.2, -0.15) is 0 Å². The van der Waals surface area contributed by atoms with Crippen molar-refractivity contribution in [2.24, 2.45) is 16.6 Å². The van der Waals surface area contributed by atoms with Crippen molar-refractivity contribution in [1.29, 1.82) is 0 Å². The third-order valence-corrected chi connectivity index (χ3v) is 6.08. The van der Waals surface area contributed by atoms with Crippen LogP contribution in [-0.2, 0) is 23.5 Å². The Morgan fingerprint density at radius 1 is 1.17 bits per heavy atom. The van der Waals surface area contributed by atoms with E-state index in [0.717, 1.165) is 0 Å². The van der Waals surface area contributed by atoms with Gasteiger partial charge < -0.3 is 29.9 Å². The van der Waals surface area contributed by atoms with Crippen LogP contribution in [0.5, 0.6) is 0 Å². The number of carbonyl (C=O) groups is 1. The van der Waals surface area contributed by atoms with Crippen LogP contribution < -0.4 is 5.73 Å². The molecule has 0 fully saturated rings. The van der Waals surface area contributed by atoms with Crippen molar-refractivity contribution in [3.05, 3.63) is 5.21 Å². The minimum Gasteiger partial charge on any atom is -0.762 e. The fourth-order valence-electron chi connectivity index (χ4n) is 2.81. The van der Waals surface area contributed by atoms with Gasteiger partial charge in [-0.15, -0.1) is 0 Å². The van der Waals surface area contributed by atoms with E-state index in [1.807, 2.05) is 27.7 Å². The zero-order valence-corrected chi connectivity index (χ0v) is 20.8. The lowest BCUT2D eigenvalue weighted by Gasteiger charge is -2.46. The van der Waals surface area contributed by atoms with Gasteiger partial charge in [0.15, 0.2) is 0 Å². The molecule has 0 rings (SSSR count). The Labute approximate surface area is 181 Å². The maximum absolute atomic E-state index is 12.7. The molecule has 2 unspecified atom stereocenters. The standard InChI is InChI=1S/C20H42N2O7P/c1-9-19(5,6)17(23)27-13-16(14-28-30(25,26)12-10-11-21)29-22(24)20(7,8)15-18(2,3)4/h16H,9-15,21H2,1-8H3,(H,25,26)/q-1. The monoisotopic (exact) mass is 453 g/mol. The summed E-state index contributed by atoms with van der Waals surface area (Å²) in [5.41, 5.74) is 3.69. The molecule has 0 bridgehead atoms. The van der Waals surface area contributed by atoms with Crippen molar-refractivity contribution in [2.75, 3.05) is 25.9 Å². The third kappa shape index (κ3) is 11.7. The molecule has 9 nitrogen and oxygen atoms in total. The number of hydrogen-bond acceptors (Lipinski definition) is 8. The van der Waals surface area contributed by atoms with Gasteiger partial charge in [-0.25, -0.2) is 0 Å². The summed E-state index contributed by atoms with van der Waals surface area (Å²) in [7, 11) is -3.89. The number of hydroxylamine groups is 2. The van der Waals surface area contributed by atoms with E-state index < -0.39 is 30.6 Å². The molecule has 0 radical (unpaired) electrons. The summed E-state index contributed by atoms with van der Waals surface area (Å²) in [4.78, 5) is 27.7. The van der Waals surface area contributed by atoms with Crippen LogP contribution in [-0.4, -0.2) is 53.7 Å². The third-order valence-electron chi connectivity index (χ3n) is 4.65. The Balaban J connectivity index is 5.22. The molecule has 3 N–H and O–H groups in total. The van der Waals surface area contributed by atoms with Crippen molar-refractivity contribution in [1.82, 2.24) is 5.23 Å². The minimum absolute atomic E-state index is 0.102. The van der Waals surface area contributed by atoms with Crippen LogP contribution in [0.2, 0.25) is 0 Å². The number of nitrogens with two attached hydrogens (primary N) is 1. The molecule has 0 aromatic rings. The van der Waals surface area contributed by atoms with Crippen molar-refractivity contribution in [2.45, 2.75) is 86.3 Å². The second-order valence-electron chi connectivity index (χ2n) is 10.2. The second kappa shape index (κ2) is 11.9. The van der Waals surface area contributed by atoms with Crippen LogP contribution in [0.25, 0.3) is 0 Å². The second-order valence-corrected chi connectivity index (χ2v) is 12.1. The van der Waals surface area contributed by atoms with Gasteiger partial charge in [0.1, 0.15) is 12.7 Å². The molecular weight excluding hydrogens is 411 g/mol. The van der Waals surface area contributed by atoms with E-state index in [1.165, 1.54) is 0 Å².